The lowest BCUT2D eigenvalue weighted by Crippen LogP contribution is -2.16. The Bertz CT molecular complexity index is 476. The molecule has 4 heteroatoms. The van der Waals surface area contributed by atoms with Crippen LogP contribution in [-0.4, -0.2) is 22.6 Å². The van der Waals surface area contributed by atoms with Gasteiger partial charge in [0.1, 0.15) is 0 Å². The molecule has 0 saturated carbocycles. The third kappa shape index (κ3) is 3.89. The molecule has 3 nitrogen and oxygen atoms in total. The summed E-state index contributed by atoms with van der Waals surface area (Å²) in [4.78, 5) is 1.31. The number of benzene rings is 1. The first-order chi connectivity index (χ1) is 8.78. The minimum atomic E-state index is 0.926. The molecule has 0 fully saturated rings. The molecule has 0 aliphatic carbocycles. The molecule has 1 N–H and O–H groups in total. The molecule has 0 radical (unpaired) electrons. The first-order valence-electron chi connectivity index (χ1n) is 6.09. The highest BCUT2D eigenvalue weighted by atomic mass is 32.2. The maximum atomic E-state index is 4.16. The quantitative estimate of drug-likeness (QED) is 0.640. The lowest BCUT2D eigenvalue weighted by atomic mass is 10.2. The molecule has 0 aliphatic heterocycles. The summed E-state index contributed by atoms with van der Waals surface area (Å²) in [5, 5.41) is 7.61. The second-order valence-electron chi connectivity index (χ2n) is 4.30. The van der Waals surface area contributed by atoms with E-state index in [0.29, 0.717) is 0 Å². The topological polar surface area (TPSA) is 29.9 Å². The van der Waals surface area contributed by atoms with Gasteiger partial charge in [0.15, 0.2) is 0 Å². The van der Waals surface area contributed by atoms with Gasteiger partial charge in [0.25, 0.3) is 0 Å². The number of rotatable bonds is 6. The Hall–Kier alpha value is -1.26. The fourth-order valence-electron chi connectivity index (χ4n) is 1.81. The van der Waals surface area contributed by atoms with E-state index in [1.165, 1.54) is 16.0 Å². The number of nitrogens with one attached hydrogen (secondary N) is 1. The maximum absolute atomic E-state index is 4.16. The van der Waals surface area contributed by atoms with Gasteiger partial charge in [-0.25, -0.2) is 0 Å². The predicted octanol–water partition coefficient (Wildman–Crippen LogP) is 2.47. The van der Waals surface area contributed by atoms with Crippen molar-refractivity contribution in [3.63, 3.8) is 0 Å². The monoisotopic (exact) mass is 261 g/mol. The number of aryl methyl sites for hydroxylation is 1. The second-order valence-corrected chi connectivity index (χ2v) is 5.18. The van der Waals surface area contributed by atoms with Crippen molar-refractivity contribution in [3.8, 4) is 0 Å². The fraction of sp³-hybridized carbons (Fsp3) is 0.357. The zero-order valence-corrected chi connectivity index (χ0v) is 11.7. The number of thioether (sulfide) groups is 1. The standard InChI is InChI=1S/C14H19N3S/c1-17-11-13(10-16-17)7-8-15-9-12-3-5-14(18-2)6-4-12/h3-6,10-11,15H,7-9H2,1-2H3. The number of hydrogen-bond donors (Lipinski definition) is 1. The Morgan fingerprint density at radius 3 is 2.61 bits per heavy atom. The molecule has 18 heavy (non-hydrogen) atoms. The Morgan fingerprint density at radius 2 is 2.00 bits per heavy atom. The zero-order valence-electron chi connectivity index (χ0n) is 10.9. The van der Waals surface area contributed by atoms with Gasteiger partial charge >= 0.3 is 0 Å². The molecule has 1 aromatic carbocycles. The van der Waals surface area contributed by atoms with Crippen LogP contribution in [-0.2, 0) is 20.0 Å². The van der Waals surface area contributed by atoms with E-state index in [0.717, 1.165) is 19.5 Å². The third-order valence-corrected chi connectivity index (χ3v) is 3.58. The fourth-order valence-corrected chi connectivity index (χ4v) is 2.22. The zero-order chi connectivity index (χ0) is 12.8. The molecule has 0 amide bonds. The van der Waals surface area contributed by atoms with Crippen LogP contribution in [0, 0.1) is 0 Å². The lowest BCUT2D eigenvalue weighted by Gasteiger charge is -2.04. The Labute approximate surface area is 113 Å². The van der Waals surface area contributed by atoms with E-state index in [9.17, 15) is 0 Å². The van der Waals surface area contributed by atoms with E-state index in [1.807, 2.05) is 17.9 Å². The van der Waals surface area contributed by atoms with E-state index in [4.69, 9.17) is 0 Å². The van der Waals surface area contributed by atoms with Crippen LogP contribution in [0.15, 0.2) is 41.6 Å². The van der Waals surface area contributed by atoms with Crippen molar-refractivity contribution in [2.45, 2.75) is 17.9 Å². The number of nitrogens with zero attached hydrogens (tertiary/aromatic N) is 2. The second kappa shape index (κ2) is 6.61. The third-order valence-electron chi connectivity index (χ3n) is 2.84. The predicted molar refractivity (Wildman–Crippen MR) is 76.8 cm³/mol. The molecular formula is C14H19N3S. The van der Waals surface area contributed by atoms with Gasteiger partial charge in [-0.1, -0.05) is 12.1 Å². The van der Waals surface area contributed by atoms with Crippen LogP contribution in [0.2, 0.25) is 0 Å². The molecule has 0 unspecified atom stereocenters. The molecule has 1 heterocycles. The van der Waals surface area contributed by atoms with E-state index >= 15 is 0 Å². The highest BCUT2D eigenvalue weighted by molar-refractivity contribution is 7.98. The smallest absolute Gasteiger partial charge is 0.0522 e. The van der Waals surface area contributed by atoms with Gasteiger partial charge in [0.05, 0.1) is 6.20 Å². The van der Waals surface area contributed by atoms with Gasteiger partial charge < -0.3 is 5.32 Å². The first-order valence-corrected chi connectivity index (χ1v) is 7.31. The molecule has 2 rings (SSSR count). The van der Waals surface area contributed by atoms with Crippen LogP contribution in [0.1, 0.15) is 11.1 Å². The molecule has 96 valence electrons. The van der Waals surface area contributed by atoms with E-state index in [-0.39, 0.29) is 0 Å². The summed E-state index contributed by atoms with van der Waals surface area (Å²) >= 11 is 1.78. The van der Waals surface area contributed by atoms with E-state index in [1.54, 1.807) is 11.8 Å². The van der Waals surface area contributed by atoms with Crippen LogP contribution < -0.4 is 5.32 Å². The Balaban J connectivity index is 1.71. The van der Waals surface area contributed by atoms with Crippen molar-refractivity contribution in [1.29, 1.82) is 0 Å². The SMILES string of the molecule is CSc1ccc(CNCCc2cnn(C)c2)cc1. The van der Waals surface area contributed by atoms with E-state index in [2.05, 4.69) is 47.1 Å². The van der Waals surface area contributed by atoms with Crippen LogP contribution in [0.3, 0.4) is 0 Å². The summed E-state index contributed by atoms with van der Waals surface area (Å²) in [6.45, 7) is 1.91. The first kappa shape index (κ1) is 13.2. The molecule has 0 saturated heterocycles. The van der Waals surface area contributed by atoms with Gasteiger partial charge in [-0.15, -0.1) is 11.8 Å². The summed E-state index contributed by atoms with van der Waals surface area (Å²) in [7, 11) is 1.95. The van der Waals surface area contributed by atoms with Gasteiger partial charge in [-0.05, 0) is 42.5 Å². The van der Waals surface area contributed by atoms with Crippen LogP contribution in [0.4, 0.5) is 0 Å². The molecule has 0 atom stereocenters. The van der Waals surface area contributed by atoms with Crippen molar-refractivity contribution in [1.82, 2.24) is 15.1 Å². The number of aromatic nitrogens is 2. The summed E-state index contributed by atoms with van der Waals surface area (Å²) in [5.74, 6) is 0. The maximum Gasteiger partial charge on any atom is 0.0522 e. The normalized spacial score (nSPS) is 10.8. The molecule has 2 aromatic rings. The van der Waals surface area contributed by atoms with Crippen molar-refractivity contribution in [2.24, 2.45) is 7.05 Å². The minimum Gasteiger partial charge on any atom is -0.312 e. The van der Waals surface area contributed by atoms with Crippen molar-refractivity contribution in [3.05, 3.63) is 47.8 Å². The average molecular weight is 261 g/mol. The number of hydrogen-bond acceptors (Lipinski definition) is 3. The van der Waals surface area contributed by atoms with Gasteiger partial charge in [-0.3, -0.25) is 4.68 Å². The van der Waals surface area contributed by atoms with Crippen molar-refractivity contribution < 1.29 is 0 Å². The van der Waals surface area contributed by atoms with Crippen molar-refractivity contribution >= 4 is 11.8 Å². The summed E-state index contributed by atoms with van der Waals surface area (Å²) < 4.78 is 1.84. The van der Waals surface area contributed by atoms with Gasteiger partial charge in [0, 0.05) is 24.7 Å². The minimum absolute atomic E-state index is 0.926. The summed E-state index contributed by atoms with van der Waals surface area (Å²) in [6, 6.07) is 8.71. The molecular weight excluding hydrogens is 242 g/mol. The van der Waals surface area contributed by atoms with Gasteiger partial charge in [-0.2, -0.15) is 5.10 Å². The van der Waals surface area contributed by atoms with Crippen LogP contribution >= 0.6 is 11.8 Å². The molecule has 0 spiro atoms. The lowest BCUT2D eigenvalue weighted by molar-refractivity contribution is 0.686. The largest absolute Gasteiger partial charge is 0.312 e. The van der Waals surface area contributed by atoms with Crippen LogP contribution in [0.5, 0.6) is 0 Å². The highest BCUT2D eigenvalue weighted by Crippen LogP contribution is 2.14. The van der Waals surface area contributed by atoms with E-state index < -0.39 is 0 Å². The Morgan fingerprint density at radius 1 is 1.22 bits per heavy atom. The highest BCUT2D eigenvalue weighted by Gasteiger charge is 1.97. The van der Waals surface area contributed by atoms with Crippen molar-refractivity contribution in [2.75, 3.05) is 12.8 Å². The average Bonchev–Trinajstić information content (AvgIpc) is 2.81. The molecule has 0 bridgehead atoms. The molecule has 1 aromatic heterocycles. The summed E-state index contributed by atoms with van der Waals surface area (Å²) in [5.41, 5.74) is 2.61. The van der Waals surface area contributed by atoms with Gasteiger partial charge in [0.2, 0.25) is 0 Å². The Kier molecular flexibility index (Phi) is 4.84. The van der Waals surface area contributed by atoms with Crippen LogP contribution in [0.25, 0.3) is 0 Å². The summed E-state index contributed by atoms with van der Waals surface area (Å²) in [6.07, 6.45) is 7.11. The molecule has 0 aliphatic rings.